The number of piperidine rings is 1. The molecule has 1 fully saturated rings. The summed E-state index contributed by atoms with van der Waals surface area (Å²) in [5, 5.41) is 25.3. The van der Waals surface area contributed by atoms with Gasteiger partial charge in [0.25, 0.3) is 5.91 Å². The summed E-state index contributed by atoms with van der Waals surface area (Å²) < 4.78 is 20.3. The predicted molar refractivity (Wildman–Crippen MR) is 165 cm³/mol. The number of halogens is 1. The molecule has 2 aromatic carbocycles. The van der Waals surface area contributed by atoms with Crippen molar-refractivity contribution in [3.63, 3.8) is 0 Å². The minimum atomic E-state index is -1.12. The van der Waals surface area contributed by atoms with Crippen molar-refractivity contribution in [2.45, 2.75) is 44.8 Å². The fourth-order valence-electron chi connectivity index (χ4n) is 5.67. The Morgan fingerprint density at radius 1 is 1.11 bits per heavy atom. The summed E-state index contributed by atoms with van der Waals surface area (Å²) in [6.07, 6.45) is 1.98. The lowest BCUT2D eigenvalue weighted by Crippen LogP contribution is -2.56. The number of carbonyl (C=O) groups excluding carboxylic acids is 2. The van der Waals surface area contributed by atoms with Gasteiger partial charge in [0.05, 0.1) is 18.7 Å². The van der Waals surface area contributed by atoms with Crippen molar-refractivity contribution in [3.8, 4) is 17.0 Å². The highest BCUT2D eigenvalue weighted by molar-refractivity contribution is 6.01. The maximum Gasteiger partial charge on any atom is 0.404 e. The molecular formula is C32H36FN7O5. The SMILES string of the molecule is COc1cccc(F)c1CN1C[C@H](NC(=O)c2ccc3[nH]nc(-c4ccnc(C)c4)c3c2)CC[C@H]1C(=O)NCCCNC(=O)O. The highest BCUT2D eigenvalue weighted by Gasteiger charge is 2.34. The number of fused-ring (bicyclic) bond motifs is 1. The Morgan fingerprint density at radius 3 is 2.71 bits per heavy atom. The van der Waals surface area contributed by atoms with Gasteiger partial charge in [-0.3, -0.25) is 24.6 Å². The number of nitrogens with one attached hydrogen (secondary N) is 4. The average Bonchev–Trinajstić information content (AvgIpc) is 3.45. The molecule has 5 rings (SSSR count). The van der Waals surface area contributed by atoms with E-state index in [4.69, 9.17) is 9.84 Å². The van der Waals surface area contributed by atoms with Crippen LogP contribution >= 0.6 is 0 Å². The molecule has 3 heterocycles. The Hall–Kier alpha value is -5.04. The number of rotatable bonds is 11. The number of pyridine rings is 1. The third kappa shape index (κ3) is 7.55. The number of amides is 3. The summed E-state index contributed by atoms with van der Waals surface area (Å²) in [7, 11) is 1.46. The standard InChI is InChI=1S/C32H36FN7O5/c1-19-15-20(11-14-34-19)29-23-16-21(7-9-26(23)38-39-29)30(41)37-22-8-10-27(31(42)35-12-4-13-36-32(43)44)40(17-22)18-24-25(33)5-3-6-28(24)45-2/h3,5-7,9,11,14-16,22,27,36H,4,8,10,12-13,17-18H2,1-2H3,(H,35,42)(H,37,41)(H,38,39)(H,43,44)/t22-,27+/m1/s1. The minimum absolute atomic E-state index is 0.0938. The molecule has 4 aromatic rings. The zero-order chi connectivity index (χ0) is 31.9. The van der Waals surface area contributed by atoms with Gasteiger partial charge < -0.3 is 25.8 Å². The van der Waals surface area contributed by atoms with Crippen molar-refractivity contribution in [1.82, 2.24) is 36.0 Å². The van der Waals surface area contributed by atoms with Gasteiger partial charge in [-0.15, -0.1) is 0 Å². The van der Waals surface area contributed by atoms with Gasteiger partial charge in [-0.25, -0.2) is 9.18 Å². The number of hydrogen-bond donors (Lipinski definition) is 5. The summed E-state index contributed by atoms with van der Waals surface area (Å²) in [6.45, 7) is 2.79. The second kappa shape index (κ2) is 14.2. The van der Waals surface area contributed by atoms with Crippen molar-refractivity contribution in [2.75, 3.05) is 26.7 Å². The Balaban J connectivity index is 1.31. The van der Waals surface area contributed by atoms with Crippen LogP contribution in [0, 0.1) is 12.7 Å². The number of nitrogens with zero attached hydrogens (tertiary/aromatic N) is 3. The van der Waals surface area contributed by atoms with Gasteiger partial charge in [0.2, 0.25) is 5.91 Å². The largest absolute Gasteiger partial charge is 0.496 e. The number of benzene rings is 2. The van der Waals surface area contributed by atoms with Crippen LogP contribution in [0.1, 0.15) is 40.9 Å². The molecule has 2 aromatic heterocycles. The second-order valence-electron chi connectivity index (χ2n) is 11.0. The van der Waals surface area contributed by atoms with E-state index in [9.17, 15) is 18.8 Å². The number of aromatic nitrogens is 3. The first-order chi connectivity index (χ1) is 21.7. The fraction of sp³-hybridized carbons (Fsp3) is 0.344. The number of carboxylic acid groups (broad SMARTS) is 1. The molecular weight excluding hydrogens is 581 g/mol. The number of aryl methyl sites for hydroxylation is 1. The predicted octanol–water partition coefficient (Wildman–Crippen LogP) is 3.62. The monoisotopic (exact) mass is 617 g/mol. The Morgan fingerprint density at radius 2 is 1.93 bits per heavy atom. The van der Waals surface area contributed by atoms with Crippen LogP contribution in [0.5, 0.6) is 5.75 Å². The topological polar surface area (TPSA) is 162 Å². The van der Waals surface area contributed by atoms with Gasteiger partial charge in [0.1, 0.15) is 17.3 Å². The number of aromatic amines is 1. The van der Waals surface area contributed by atoms with Crippen LogP contribution in [-0.4, -0.2) is 81.9 Å². The first-order valence-electron chi connectivity index (χ1n) is 14.8. The van der Waals surface area contributed by atoms with Crippen LogP contribution in [0.25, 0.3) is 22.2 Å². The Bertz CT molecular complexity index is 1690. The molecule has 0 radical (unpaired) electrons. The number of likely N-dealkylation sites (tertiary alicyclic amines) is 1. The molecule has 1 aliphatic rings. The van der Waals surface area contributed by atoms with E-state index in [0.29, 0.717) is 42.7 Å². The Kier molecular flexibility index (Phi) is 9.88. The molecule has 0 aliphatic carbocycles. The third-order valence-corrected chi connectivity index (χ3v) is 7.90. The van der Waals surface area contributed by atoms with E-state index in [2.05, 4.69) is 31.1 Å². The van der Waals surface area contributed by atoms with Crippen LogP contribution < -0.4 is 20.7 Å². The number of H-pyrrole nitrogens is 1. The molecule has 1 aliphatic heterocycles. The number of hydrogen-bond acceptors (Lipinski definition) is 7. The van der Waals surface area contributed by atoms with Crippen molar-refractivity contribution in [2.24, 2.45) is 0 Å². The lowest BCUT2D eigenvalue weighted by molar-refractivity contribution is -0.128. The molecule has 45 heavy (non-hydrogen) atoms. The van der Waals surface area contributed by atoms with Crippen LogP contribution in [0.3, 0.4) is 0 Å². The molecule has 2 atom stereocenters. The summed E-state index contributed by atoms with van der Waals surface area (Å²) in [5.41, 5.74) is 4.05. The van der Waals surface area contributed by atoms with E-state index in [1.807, 2.05) is 30.0 Å². The zero-order valence-electron chi connectivity index (χ0n) is 25.1. The molecule has 0 bridgehead atoms. The number of ether oxygens (including phenoxy) is 1. The summed E-state index contributed by atoms with van der Waals surface area (Å²) in [5.74, 6) is -0.589. The highest BCUT2D eigenvalue weighted by Crippen LogP contribution is 2.29. The summed E-state index contributed by atoms with van der Waals surface area (Å²) in [4.78, 5) is 43.5. The van der Waals surface area contributed by atoms with E-state index in [0.717, 1.165) is 27.9 Å². The first kappa shape index (κ1) is 31.4. The van der Waals surface area contributed by atoms with Gasteiger partial charge in [-0.2, -0.15) is 5.10 Å². The summed E-state index contributed by atoms with van der Waals surface area (Å²) in [6, 6.07) is 12.9. The summed E-state index contributed by atoms with van der Waals surface area (Å²) >= 11 is 0. The Labute approximate surface area is 259 Å². The van der Waals surface area contributed by atoms with E-state index < -0.39 is 18.0 Å². The number of carbonyl (C=O) groups is 3. The fourth-order valence-corrected chi connectivity index (χ4v) is 5.67. The van der Waals surface area contributed by atoms with Gasteiger partial charge in [0.15, 0.2) is 0 Å². The molecule has 12 nitrogen and oxygen atoms in total. The lowest BCUT2D eigenvalue weighted by Gasteiger charge is -2.39. The highest BCUT2D eigenvalue weighted by atomic mass is 19.1. The lowest BCUT2D eigenvalue weighted by atomic mass is 9.96. The van der Waals surface area contributed by atoms with Crippen molar-refractivity contribution in [3.05, 3.63) is 77.4 Å². The average molecular weight is 618 g/mol. The van der Waals surface area contributed by atoms with Gasteiger partial charge in [-0.05, 0) is 68.7 Å². The first-order valence-corrected chi connectivity index (χ1v) is 14.8. The van der Waals surface area contributed by atoms with Crippen molar-refractivity contribution < 1.29 is 28.6 Å². The van der Waals surface area contributed by atoms with Crippen LogP contribution in [-0.2, 0) is 11.3 Å². The third-order valence-electron chi connectivity index (χ3n) is 7.90. The molecule has 3 amide bonds. The van der Waals surface area contributed by atoms with E-state index in [-0.39, 0.29) is 37.5 Å². The van der Waals surface area contributed by atoms with E-state index in [1.54, 1.807) is 30.5 Å². The zero-order valence-corrected chi connectivity index (χ0v) is 25.1. The normalized spacial score (nSPS) is 16.7. The van der Waals surface area contributed by atoms with Gasteiger partial charge >= 0.3 is 6.09 Å². The molecule has 0 unspecified atom stereocenters. The minimum Gasteiger partial charge on any atom is -0.496 e. The second-order valence-corrected chi connectivity index (χ2v) is 11.0. The van der Waals surface area contributed by atoms with Crippen LogP contribution in [0.2, 0.25) is 0 Å². The molecule has 0 saturated carbocycles. The molecule has 236 valence electrons. The maximum atomic E-state index is 14.9. The molecule has 5 N–H and O–H groups in total. The van der Waals surface area contributed by atoms with E-state index >= 15 is 0 Å². The maximum absolute atomic E-state index is 14.9. The van der Waals surface area contributed by atoms with Crippen molar-refractivity contribution in [1.29, 1.82) is 0 Å². The quantitative estimate of drug-likeness (QED) is 0.160. The molecule has 13 heteroatoms. The van der Waals surface area contributed by atoms with Gasteiger partial charge in [0, 0.05) is 66.2 Å². The van der Waals surface area contributed by atoms with Crippen LogP contribution in [0.15, 0.2) is 54.7 Å². The van der Waals surface area contributed by atoms with E-state index in [1.165, 1.54) is 13.2 Å². The number of methoxy groups -OCH3 is 1. The van der Waals surface area contributed by atoms with Crippen LogP contribution in [0.4, 0.5) is 9.18 Å². The van der Waals surface area contributed by atoms with Gasteiger partial charge in [-0.1, -0.05) is 6.07 Å². The molecule has 1 saturated heterocycles. The van der Waals surface area contributed by atoms with Crippen molar-refractivity contribution >= 4 is 28.8 Å². The molecule has 0 spiro atoms. The smallest absolute Gasteiger partial charge is 0.404 e.